The normalized spacial score (nSPS) is 25.3. The molecular formula is C15H22FNO. The molecule has 3 unspecified atom stereocenters. The van der Waals surface area contributed by atoms with Crippen LogP contribution in [0.4, 0.5) is 4.39 Å². The van der Waals surface area contributed by atoms with Crippen LogP contribution in [0.2, 0.25) is 0 Å². The number of aliphatic hydroxyl groups is 1. The van der Waals surface area contributed by atoms with Gasteiger partial charge in [-0.15, -0.1) is 0 Å². The van der Waals surface area contributed by atoms with Gasteiger partial charge in [-0.25, -0.2) is 4.39 Å². The van der Waals surface area contributed by atoms with Crippen molar-refractivity contribution in [1.82, 2.24) is 5.32 Å². The van der Waals surface area contributed by atoms with Gasteiger partial charge < -0.3 is 10.4 Å². The summed E-state index contributed by atoms with van der Waals surface area (Å²) in [6.45, 7) is 2.66. The van der Waals surface area contributed by atoms with Crippen molar-refractivity contribution in [3.63, 3.8) is 0 Å². The molecule has 0 spiro atoms. The summed E-state index contributed by atoms with van der Waals surface area (Å²) in [6.07, 6.45) is 4.09. The van der Waals surface area contributed by atoms with Gasteiger partial charge in [-0.3, -0.25) is 0 Å². The van der Waals surface area contributed by atoms with Gasteiger partial charge in [-0.05, 0) is 56.3 Å². The van der Waals surface area contributed by atoms with E-state index in [1.54, 1.807) is 12.1 Å². The maximum Gasteiger partial charge on any atom is 0.123 e. The van der Waals surface area contributed by atoms with E-state index in [4.69, 9.17) is 0 Å². The van der Waals surface area contributed by atoms with Gasteiger partial charge in [-0.2, -0.15) is 0 Å². The fourth-order valence-corrected chi connectivity index (χ4v) is 2.79. The van der Waals surface area contributed by atoms with Crippen LogP contribution in [-0.2, 0) is 0 Å². The van der Waals surface area contributed by atoms with Gasteiger partial charge in [0.1, 0.15) is 5.82 Å². The lowest BCUT2D eigenvalue weighted by Gasteiger charge is -2.22. The van der Waals surface area contributed by atoms with Gasteiger partial charge in [0.2, 0.25) is 0 Å². The van der Waals surface area contributed by atoms with Crippen molar-refractivity contribution in [3.05, 3.63) is 35.6 Å². The van der Waals surface area contributed by atoms with Gasteiger partial charge in [0.25, 0.3) is 0 Å². The Morgan fingerprint density at radius 1 is 1.33 bits per heavy atom. The first-order valence-electron chi connectivity index (χ1n) is 6.83. The van der Waals surface area contributed by atoms with E-state index in [0.29, 0.717) is 12.0 Å². The van der Waals surface area contributed by atoms with Crippen molar-refractivity contribution < 1.29 is 9.50 Å². The molecule has 2 rings (SSSR count). The summed E-state index contributed by atoms with van der Waals surface area (Å²) in [6, 6.07) is 7.35. The number of nitrogens with one attached hydrogen (secondary N) is 1. The van der Waals surface area contributed by atoms with Crippen LogP contribution in [0.3, 0.4) is 0 Å². The molecule has 1 aromatic rings. The molecule has 1 saturated carbocycles. The monoisotopic (exact) mass is 251 g/mol. The third-order valence-corrected chi connectivity index (χ3v) is 3.78. The quantitative estimate of drug-likeness (QED) is 0.843. The van der Waals surface area contributed by atoms with Gasteiger partial charge in [0.05, 0.1) is 6.10 Å². The molecule has 2 N–H and O–H groups in total. The molecule has 1 aromatic carbocycles. The van der Waals surface area contributed by atoms with Crippen LogP contribution in [0.25, 0.3) is 0 Å². The summed E-state index contributed by atoms with van der Waals surface area (Å²) >= 11 is 0. The van der Waals surface area contributed by atoms with Crippen LogP contribution >= 0.6 is 0 Å². The van der Waals surface area contributed by atoms with Gasteiger partial charge >= 0.3 is 0 Å². The number of hydrogen-bond donors (Lipinski definition) is 2. The fraction of sp³-hybridized carbons (Fsp3) is 0.600. The highest BCUT2D eigenvalue weighted by atomic mass is 19.1. The lowest BCUT2D eigenvalue weighted by atomic mass is 9.94. The predicted octanol–water partition coefficient (Wildman–Crippen LogP) is 2.82. The van der Waals surface area contributed by atoms with Crippen molar-refractivity contribution in [2.45, 2.75) is 50.7 Å². The standard InChI is InChI=1S/C15H22FNO/c1-11(18)9-10-17-15-4-2-3-14(15)12-5-7-13(16)8-6-12/h5-8,11,14-15,17-18H,2-4,9-10H2,1H3. The second-order valence-corrected chi connectivity index (χ2v) is 5.29. The van der Waals surface area contributed by atoms with E-state index < -0.39 is 0 Å². The topological polar surface area (TPSA) is 32.3 Å². The van der Waals surface area contributed by atoms with Crippen molar-refractivity contribution >= 4 is 0 Å². The zero-order valence-corrected chi connectivity index (χ0v) is 10.9. The summed E-state index contributed by atoms with van der Waals surface area (Å²) < 4.78 is 12.9. The zero-order valence-electron chi connectivity index (χ0n) is 10.9. The summed E-state index contributed by atoms with van der Waals surface area (Å²) in [5, 5.41) is 12.8. The zero-order chi connectivity index (χ0) is 13.0. The lowest BCUT2D eigenvalue weighted by molar-refractivity contribution is 0.182. The number of hydrogen-bond acceptors (Lipinski definition) is 2. The third-order valence-electron chi connectivity index (χ3n) is 3.78. The fourth-order valence-electron chi connectivity index (χ4n) is 2.79. The molecule has 1 aliphatic carbocycles. The van der Waals surface area contributed by atoms with Crippen molar-refractivity contribution in [1.29, 1.82) is 0 Å². The van der Waals surface area contributed by atoms with E-state index in [0.717, 1.165) is 19.4 Å². The van der Waals surface area contributed by atoms with Crippen molar-refractivity contribution in [2.75, 3.05) is 6.54 Å². The summed E-state index contributed by atoms with van der Waals surface area (Å²) in [5.41, 5.74) is 1.23. The molecule has 1 fully saturated rings. The molecule has 0 radical (unpaired) electrons. The minimum Gasteiger partial charge on any atom is -0.393 e. The number of halogens is 1. The Morgan fingerprint density at radius 3 is 2.72 bits per heavy atom. The van der Waals surface area contributed by atoms with E-state index in [1.807, 2.05) is 19.1 Å². The SMILES string of the molecule is CC(O)CCNC1CCCC1c1ccc(F)cc1. The maximum absolute atomic E-state index is 12.9. The Balaban J connectivity index is 1.92. The average Bonchev–Trinajstić information content (AvgIpc) is 2.78. The number of rotatable bonds is 5. The largest absolute Gasteiger partial charge is 0.393 e. The summed E-state index contributed by atoms with van der Waals surface area (Å²) in [5.74, 6) is 0.315. The van der Waals surface area contributed by atoms with Crippen LogP contribution in [-0.4, -0.2) is 23.8 Å². The maximum atomic E-state index is 12.9. The van der Waals surface area contributed by atoms with Gasteiger partial charge in [0.15, 0.2) is 0 Å². The van der Waals surface area contributed by atoms with E-state index in [9.17, 15) is 9.50 Å². The number of benzene rings is 1. The van der Waals surface area contributed by atoms with E-state index in [1.165, 1.54) is 18.4 Å². The molecule has 3 heteroatoms. The van der Waals surface area contributed by atoms with Gasteiger partial charge in [-0.1, -0.05) is 18.6 Å². The molecule has 18 heavy (non-hydrogen) atoms. The summed E-state index contributed by atoms with van der Waals surface area (Å²) in [4.78, 5) is 0. The smallest absolute Gasteiger partial charge is 0.123 e. The molecule has 0 aliphatic heterocycles. The highest BCUT2D eigenvalue weighted by Crippen LogP contribution is 2.34. The molecule has 100 valence electrons. The van der Waals surface area contributed by atoms with Crippen molar-refractivity contribution in [3.8, 4) is 0 Å². The Kier molecular flexibility index (Phi) is 4.72. The molecule has 0 heterocycles. The molecular weight excluding hydrogens is 229 g/mol. The Bertz CT molecular complexity index is 363. The van der Waals surface area contributed by atoms with Crippen molar-refractivity contribution in [2.24, 2.45) is 0 Å². The molecule has 3 atom stereocenters. The van der Waals surface area contributed by atoms with E-state index >= 15 is 0 Å². The highest BCUT2D eigenvalue weighted by Gasteiger charge is 2.27. The molecule has 0 amide bonds. The minimum absolute atomic E-state index is 0.171. The lowest BCUT2D eigenvalue weighted by Crippen LogP contribution is -2.33. The second kappa shape index (κ2) is 6.30. The van der Waals surface area contributed by atoms with Crippen LogP contribution < -0.4 is 5.32 Å². The Morgan fingerprint density at radius 2 is 2.06 bits per heavy atom. The van der Waals surface area contributed by atoms with Crippen LogP contribution in [0.15, 0.2) is 24.3 Å². The Hall–Kier alpha value is -0.930. The first-order chi connectivity index (χ1) is 8.66. The summed E-state index contributed by atoms with van der Waals surface area (Å²) in [7, 11) is 0. The molecule has 1 aliphatic rings. The molecule has 0 aromatic heterocycles. The van der Waals surface area contributed by atoms with Crippen LogP contribution in [0.1, 0.15) is 44.1 Å². The van der Waals surface area contributed by atoms with Gasteiger partial charge in [0, 0.05) is 6.04 Å². The Labute approximate surface area is 108 Å². The molecule has 0 bridgehead atoms. The highest BCUT2D eigenvalue weighted by molar-refractivity contribution is 5.23. The van der Waals surface area contributed by atoms with E-state index in [2.05, 4.69) is 5.32 Å². The first kappa shape index (κ1) is 13.5. The van der Waals surface area contributed by atoms with E-state index in [-0.39, 0.29) is 11.9 Å². The van der Waals surface area contributed by atoms with Crippen LogP contribution in [0, 0.1) is 5.82 Å². The number of aliphatic hydroxyl groups excluding tert-OH is 1. The molecule has 2 nitrogen and oxygen atoms in total. The van der Waals surface area contributed by atoms with Crippen LogP contribution in [0.5, 0.6) is 0 Å². The predicted molar refractivity (Wildman–Crippen MR) is 71.1 cm³/mol. The second-order valence-electron chi connectivity index (χ2n) is 5.29. The third kappa shape index (κ3) is 3.53. The first-order valence-corrected chi connectivity index (χ1v) is 6.83. The molecule has 0 saturated heterocycles. The minimum atomic E-state index is -0.247. The average molecular weight is 251 g/mol.